The molecule has 5 rings (SSSR count). The maximum absolute atomic E-state index is 14.1. The van der Waals surface area contributed by atoms with Crippen molar-refractivity contribution < 1.29 is 22.7 Å². The van der Waals surface area contributed by atoms with Gasteiger partial charge >= 0.3 is 0 Å². The fourth-order valence-electron chi connectivity index (χ4n) is 4.09. The van der Waals surface area contributed by atoms with E-state index in [-0.39, 0.29) is 41.8 Å². The Morgan fingerprint density at radius 3 is 2.61 bits per heavy atom. The van der Waals surface area contributed by atoms with Crippen molar-refractivity contribution in [2.45, 2.75) is 12.8 Å². The minimum absolute atomic E-state index is 0.0689. The number of amides is 1. The summed E-state index contributed by atoms with van der Waals surface area (Å²) in [6, 6.07) is 12.8. The number of hydrogen-bond acceptors (Lipinski definition) is 4. The highest BCUT2D eigenvalue weighted by molar-refractivity contribution is 5.97. The molecule has 1 atom stereocenters. The number of aromatic amines is 1. The molecule has 3 aromatic carbocycles. The molecule has 5 aromatic rings. The van der Waals surface area contributed by atoms with E-state index in [1.54, 1.807) is 18.2 Å². The third-order valence-electron chi connectivity index (χ3n) is 5.97. The van der Waals surface area contributed by atoms with Crippen LogP contribution in [0.25, 0.3) is 22.1 Å². The maximum Gasteiger partial charge on any atom is 0.251 e. The molecule has 2 aromatic heterocycles. The molecule has 10 heteroatoms. The number of nitrogens with zero attached hydrogens (tertiary/aromatic N) is 3. The zero-order valence-corrected chi connectivity index (χ0v) is 19.5. The van der Waals surface area contributed by atoms with Crippen LogP contribution in [-0.4, -0.2) is 38.6 Å². The molecule has 7 nitrogen and oxygen atoms in total. The Morgan fingerprint density at radius 2 is 1.83 bits per heavy atom. The highest BCUT2D eigenvalue weighted by Crippen LogP contribution is 2.28. The van der Waals surface area contributed by atoms with E-state index in [2.05, 4.69) is 20.3 Å². The minimum atomic E-state index is -0.733. The zero-order valence-electron chi connectivity index (χ0n) is 19.5. The van der Waals surface area contributed by atoms with Crippen LogP contribution >= 0.6 is 0 Å². The van der Waals surface area contributed by atoms with Crippen LogP contribution in [0.5, 0.6) is 5.75 Å². The Bertz CT molecular complexity index is 1580. The Labute approximate surface area is 203 Å². The van der Waals surface area contributed by atoms with Crippen LogP contribution in [0.3, 0.4) is 0 Å². The van der Waals surface area contributed by atoms with Crippen LogP contribution < -0.4 is 10.1 Å². The van der Waals surface area contributed by atoms with Gasteiger partial charge in [0.25, 0.3) is 5.91 Å². The van der Waals surface area contributed by atoms with Crippen LogP contribution in [0.1, 0.15) is 34.8 Å². The summed E-state index contributed by atoms with van der Waals surface area (Å²) in [7, 11) is 1.82. The number of fused-ring (bicyclic) bond motifs is 2. The summed E-state index contributed by atoms with van der Waals surface area (Å²) in [5.41, 5.74) is 2.21. The number of hydrogen-bond donors (Lipinski definition) is 2. The van der Waals surface area contributed by atoms with Crippen molar-refractivity contribution in [3.63, 3.8) is 0 Å². The van der Waals surface area contributed by atoms with Crippen molar-refractivity contribution in [3.8, 4) is 5.75 Å². The first-order valence-corrected chi connectivity index (χ1v) is 11.3. The van der Waals surface area contributed by atoms with E-state index in [1.165, 1.54) is 30.3 Å². The molecule has 36 heavy (non-hydrogen) atoms. The molecular weight excluding hydrogens is 471 g/mol. The van der Waals surface area contributed by atoms with E-state index < -0.39 is 11.6 Å². The summed E-state index contributed by atoms with van der Waals surface area (Å²) in [5, 5.41) is 2.80. The van der Waals surface area contributed by atoms with E-state index in [4.69, 9.17) is 4.74 Å². The molecule has 0 bridgehead atoms. The van der Waals surface area contributed by atoms with Crippen LogP contribution in [0.15, 0.2) is 54.6 Å². The molecule has 0 aliphatic heterocycles. The SMILES string of the molecule is CC(c1nc2c(F)cc(F)cc2[nH]1)c1nc2ccc(C(=O)NCCOc3ccc(F)cc3)cc2n1C. The molecule has 0 aliphatic carbocycles. The smallest absolute Gasteiger partial charge is 0.251 e. The minimum Gasteiger partial charge on any atom is -0.492 e. The largest absolute Gasteiger partial charge is 0.492 e. The van der Waals surface area contributed by atoms with Crippen molar-refractivity contribution in [1.29, 1.82) is 0 Å². The first-order valence-electron chi connectivity index (χ1n) is 11.3. The summed E-state index contributed by atoms with van der Waals surface area (Å²) in [5.74, 6) is -0.769. The number of rotatable bonds is 7. The van der Waals surface area contributed by atoms with E-state index in [0.29, 0.717) is 28.5 Å². The normalized spacial score (nSPS) is 12.2. The van der Waals surface area contributed by atoms with Crippen molar-refractivity contribution in [3.05, 3.63) is 89.3 Å². The average Bonchev–Trinajstić information content (AvgIpc) is 3.43. The second-order valence-corrected chi connectivity index (χ2v) is 8.42. The summed E-state index contributed by atoms with van der Waals surface area (Å²) in [6.07, 6.45) is 0. The number of aryl methyl sites for hydroxylation is 1. The first kappa shape index (κ1) is 23.4. The summed E-state index contributed by atoms with van der Waals surface area (Å²) in [6.45, 7) is 2.36. The average molecular weight is 493 g/mol. The van der Waals surface area contributed by atoms with Gasteiger partial charge in [-0.3, -0.25) is 4.79 Å². The lowest BCUT2D eigenvalue weighted by molar-refractivity contribution is 0.0947. The molecule has 0 aliphatic rings. The molecule has 0 saturated heterocycles. The molecule has 2 heterocycles. The van der Waals surface area contributed by atoms with Crippen LogP contribution in [0, 0.1) is 17.5 Å². The molecular formula is C26H22F3N5O2. The Morgan fingerprint density at radius 1 is 1.06 bits per heavy atom. The molecule has 1 unspecified atom stereocenters. The fourth-order valence-corrected chi connectivity index (χ4v) is 4.09. The van der Waals surface area contributed by atoms with Gasteiger partial charge in [0, 0.05) is 18.7 Å². The summed E-state index contributed by atoms with van der Waals surface area (Å²) >= 11 is 0. The lowest BCUT2D eigenvalue weighted by Gasteiger charge is -2.09. The van der Waals surface area contributed by atoms with Crippen LogP contribution in [-0.2, 0) is 7.05 Å². The first-order chi connectivity index (χ1) is 17.3. The fraction of sp³-hybridized carbons (Fsp3) is 0.192. The summed E-state index contributed by atoms with van der Waals surface area (Å²) in [4.78, 5) is 24.6. The van der Waals surface area contributed by atoms with Gasteiger partial charge in [-0.05, 0) is 55.5 Å². The van der Waals surface area contributed by atoms with Gasteiger partial charge in [-0.25, -0.2) is 23.1 Å². The van der Waals surface area contributed by atoms with Crippen LogP contribution in [0.2, 0.25) is 0 Å². The number of aromatic nitrogens is 4. The zero-order chi connectivity index (χ0) is 25.4. The molecule has 1 amide bonds. The van der Waals surface area contributed by atoms with Gasteiger partial charge < -0.3 is 19.6 Å². The maximum atomic E-state index is 14.1. The monoisotopic (exact) mass is 493 g/mol. The number of ether oxygens (including phenoxy) is 1. The Kier molecular flexibility index (Phi) is 6.09. The second kappa shape index (κ2) is 9.37. The number of nitrogens with one attached hydrogen (secondary N) is 2. The number of imidazole rings is 2. The molecule has 184 valence electrons. The van der Waals surface area contributed by atoms with Crippen molar-refractivity contribution in [2.24, 2.45) is 7.05 Å². The predicted octanol–water partition coefficient (Wildman–Crippen LogP) is 4.83. The highest BCUT2D eigenvalue weighted by atomic mass is 19.1. The van der Waals surface area contributed by atoms with E-state index in [0.717, 1.165) is 11.6 Å². The van der Waals surface area contributed by atoms with Crippen molar-refractivity contribution >= 4 is 28.0 Å². The third-order valence-corrected chi connectivity index (χ3v) is 5.97. The van der Waals surface area contributed by atoms with E-state index in [9.17, 15) is 18.0 Å². The number of carbonyl (C=O) groups is 1. The molecule has 0 spiro atoms. The number of carbonyl (C=O) groups excluding carboxylic acids is 1. The van der Waals surface area contributed by atoms with Gasteiger partial charge in [0.1, 0.15) is 41.2 Å². The molecule has 2 N–H and O–H groups in total. The number of H-pyrrole nitrogens is 1. The van der Waals surface area contributed by atoms with Crippen molar-refractivity contribution in [1.82, 2.24) is 24.8 Å². The standard InChI is InChI=1S/C26H22F3N5O2/c1-14(24-31-21-13-17(28)12-19(29)23(21)33-24)25-32-20-8-3-15(11-22(20)34(25)2)26(35)30-9-10-36-18-6-4-16(27)5-7-18/h3-8,11-14H,9-10H2,1-2H3,(H,30,35)(H,31,33). The van der Waals surface area contributed by atoms with Gasteiger partial charge in [-0.15, -0.1) is 0 Å². The molecule has 0 fully saturated rings. The lowest BCUT2D eigenvalue weighted by Crippen LogP contribution is -2.28. The number of halogens is 3. The van der Waals surface area contributed by atoms with Gasteiger partial charge in [0.15, 0.2) is 5.82 Å². The van der Waals surface area contributed by atoms with Gasteiger partial charge in [0.05, 0.1) is 29.0 Å². The van der Waals surface area contributed by atoms with E-state index >= 15 is 0 Å². The van der Waals surface area contributed by atoms with Crippen LogP contribution in [0.4, 0.5) is 13.2 Å². The Balaban J connectivity index is 1.31. The highest BCUT2D eigenvalue weighted by Gasteiger charge is 2.21. The summed E-state index contributed by atoms with van der Waals surface area (Å²) < 4.78 is 48.0. The number of benzene rings is 3. The molecule has 0 radical (unpaired) electrons. The quantitative estimate of drug-likeness (QED) is 0.318. The third kappa shape index (κ3) is 4.49. The van der Waals surface area contributed by atoms with Gasteiger partial charge in [-0.2, -0.15) is 0 Å². The lowest BCUT2D eigenvalue weighted by atomic mass is 10.1. The van der Waals surface area contributed by atoms with Crippen molar-refractivity contribution in [2.75, 3.05) is 13.2 Å². The topological polar surface area (TPSA) is 84.8 Å². The Hall–Kier alpha value is -4.34. The van der Waals surface area contributed by atoms with Gasteiger partial charge in [-0.1, -0.05) is 0 Å². The predicted molar refractivity (Wildman–Crippen MR) is 128 cm³/mol. The van der Waals surface area contributed by atoms with Gasteiger partial charge in [0.2, 0.25) is 0 Å². The van der Waals surface area contributed by atoms with E-state index in [1.807, 2.05) is 18.5 Å². The molecule has 0 saturated carbocycles. The second-order valence-electron chi connectivity index (χ2n) is 8.42.